The van der Waals surface area contributed by atoms with Crippen LogP contribution in [0.3, 0.4) is 0 Å². The third-order valence-electron chi connectivity index (χ3n) is 5.02. The van der Waals surface area contributed by atoms with E-state index >= 15 is 0 Å². The van der Waals surface area contributed by atoms with Crippen LogP contribution in [0.5, 0.6) is 0 Å². The van der Waals surface area contributed by atoms with Crippen LogP contribution in [0.2, 0.25) is 58.9 Å². The van der Waals surface area contributed by atoms with E-state index in [4.69, 9.17) is 18.6 Å². The number of hydrogen-bond donors (Lipinski definition) is 1. The van der Waals surface area contributed by atoms with E-state index < -0.39 is 24.9 Å². The van der Waals surface area contributed by atoms with Gasteiger partial charge in [0.25, 0.3) is 0 Å². The summed E-state index contributed by atoms with van der Waals surface area (Å²) < 4.78 is 22.3. The summed E-state index contributed by atoms with van der Waals surface area (Å²) in [6.45, 7) is 22.3. The molecule has 0 aliphatic carbocycles. The van der Waals surface area contributed by atoms with Crippen molar-refractivity contribution in [3.63, 3.8) is 0 Å². The molecule has 1 aliphatic rings. The molecule has 0 unspecified atom stereocenters. The first-order valence-electron chi connectivity index (χ1n) is 12.2. The van der Waals surface area contributed by atoms with Crippen LogP contribution in [0, 0.1) is 0 Å². The molecule has 1 fully saturated rings. The van der Waals surface area contributed by atoms with Crippen molar-refractivity contribution >= 4 is 53.6 Å². The summed E-state index contributed by atoms with van der Waals surface area (Å²) in [5.74, 6) is 2.78. The molecular weight excluding hydrogens is 499 g/mol. The average Bonchev–Trinajstić information content (AvgIpc) is 3.22. The smallest absolute Gasteiger partial charge is 0.184 e. The molecule has 0 saturated carbocycles. The van der Waals surface area contributed by atoms with Gasteiger partial charge in [-0.25, -0.2) is 15.0 Å². The third kappa shape index (κ3) is 7.37. The molecule has 34 heavy (non-hydrogen) atoms. The van der Waals surface area contributed by atoms with Gasteiger partial charge in [-0.2, -0.15) is 11.8 Å². The Morgan fingerprint density at radius 3 is 2.21 bits per heavy atom. The number of nitrogens with one attached hydrogen (secondary N) is 1. The number of imidazole rings is 1. The number of aromatic nitrogens is 4. The molecular formula is C22H43N5O3SSi3. The summed E-state index contributed by atoms with van der Waals surface area (Å²) in [6.07, 6.45) is 3.85. The maximum atomic E-state index is 6.79. The van der Waals surface area contributed by atoms with E-state index in [2.05, 4.69) is 80.8 Å². The number of nitrogens with zero attached hydrogens (tertiary/aromatic N) is 4. The normalized spacial score (nSPS) is 24.2. The third-order valence-corrected chi connectivity index (χ3v) is 9.23. The van der Waals surface area contributed by atoms with E-state index in [1.807, 2.05) is 22.7 Å². The van der Waals surface area contributed by atoms with Crippen molar-refractivity contribution in [2.24, 2.45) is 0 Å². The molecule has 0 amide bonds. The zero-order chi connectivity index (χ0) is 25.3. The maximum absolute atomic E-state index is 6.79. The van der Waals surface area contributed by atoms with Crippen molar-refractivity contribution in [2.75, 3.05) is 16.5 Å². The lowest BCUT2D eigenvalue weighted by Crippen LogP contribution is -2.47. The quantitative estimate of drug-likeness (QED) is 0.293. The van der Waals surface area contributed by atoms with Gasteiger partial charge in [0.15, 0.2) is 28.5 Å². The molecule has 12 heteroatoms. The summed E-state index contributed by atoms with van der Waals surface area (Å²) in [6, 6.07) is 0. The molecule has 2 aromatic heterocycles. The number of rotatable bonds is 11. The van der Waals surface area contributed by atoms with Crippen molar-refractivity contribution < 1.29 is 13.6 Å². The number of hydrogen-bond acceptors (Lipinski definition) is 8. The SMILES string of the molecule is CCCSC[C@H]1O[C@@H](n2cnc3c(N[Si](C)(C)C)ncnc32)[C@H](O[Si](C)(C)C)[C@@H]1O[Si](C)(C)C. The summed E-state index contributed by atoms with van der Waals surface area (Å²) in [7, 11) is -5.35. The lowest BCUT2D eigenvalue weighted by atomic mass is 10.1. The predicted molar refractivity (Wildman–Crippen MR) is 150 cm³/mol. The topological polar surface area (TPSA) is 83.3 Å². The standard InChI is InChI=1S/C22H43N5O3SSi3/c1-11-12-31-13-16-18(29-33(5,6)7)19(30-34(8,9)10)22(28-16)27-15-25-17-20(26-32(2,3)4)23-14-24-21(17)27/h14-16,18-19,22H,11-13H2,1-10H3,(H,23,24,26)/t16-,18-,19-,22-/m1/s1. The van der Waals surface area contributed by atoms with Gasteiger partial charge in [-0.1, -0.05) is 26.6 Å². The number of thioether (sulfide) groups is 1. The lowest BCUT2D eigenvalue weighted by molar-refractivity contribution is -0.0233. The minimum absolute atomic E-state index is 0.0477. The van der Waals surface area contributed by atoms with Crippen molar-refractivity contribution in [3.8, 4) is 0 Å². The van der Waals surface area contributed by atoms with E-state index in [1.54, 1.807) is 6.33 Å². The second-order valence-electron chi connectivity index (χ2n) is 12.0. The second-order valence-corrected chi connectivity index (χ2v) is 26.8. The Morgan fingerprint density at radius 1 is 0.971 bits per heavy atom. The molecule has 1 aliphatic heterocycles. The number of fused-ring (bicyclic) bond motifs is 1. The summed E-state index contributed by atoms with van der Waals surface area (Å²) >= 11 is 1.92. The van der Waals surface area contributed by atoms with Gasteiger partial charge in [0.2, 0.25) is 0 Å². The Hall–Kier alpha value is -0.769. The first-order chi connectivity index (χ1) is 15.7. The highest BCUT2D eigenvalue weighted by Crippen LogP contribution is 2.39. The van der Waals surface area contributed by atoms with E-state index in [1.165, 1.54) is 0 Å². The van der Waals surface area contributed by atoms with Gasteiger partial charge in [0.1, 0.15) is 38.1 Å². The number of ether oxygens (including phenoxy) is 1. The molecule has 192 valence electrons. The van der Waals surface area contributed by atoms with E-state index in [-0.39, 0.29) is 24.5 Å². The Labute approximate surface area is 212 Å². The van der Waals surface area contributed by atoms with Gasteiger partial charge >= 0.3 is 0 Å². The highest BCUT2D eigenvalue weighted by molar-refractivity contribution is 7.99. The predicted octanol–water partition coefficient (Wildman–Crippen LogP) is 5.55. The summed E-state index contributed by atoms with van der Waals surface area (Å²) in [4.78, 5) is 17.4. The van der Waals surface area contributed by atoms with Crippen LogP contribution < -0.4 is 4.98 Å². The van der Waals surface area contributed by atoms with E-state index in [0.717, 1.165) is 34.9 Å². The first-order valence-corrected chi connectivity index (χ1v) is 23.7. The molecule has 0 bridgehead atoms. The molecule has 0 radical (unpaired) electrons. The zero-order valence-corrected chi connectivity index (χ0v) is 26.3. The Kier molecular flexibility index (Phi) is 8.74. The molecule has 1 N–H and O–H groups in total. The van der Waals surface area contributed by atoms with Crippen LogP contribution in [-0.2, 0) is 13.6 Å². The second kappa shape index (κ2) is 10.7. The minimum atomic E-state index is -1.90. The van der Waals surface area contributed by atoms with Crippen LogP contribution >= 0.6 is 11.8 Å². The van der Waals surface area contributed by atoms with E-state index in [9.17, 15) is 0 Å². The van der Waals surface area contributed by atoms with Gasteiger partial charge in [-0.15, -0.1) is 0 Å². The van der Waals surface area contributed by atoms with Crippen molar-refractivity contribution in [1.82, 2.24) is 19.5 Å². The van der Waals surface area contributed by atoms with Crippen LogP contribution in [0.15, 0.2) is 12.7 Å². The monoisotopic (exact) mass is 541 g/mol. The number of anilines is 1. The fourth-order valence-corrected chi connectivity index (χ4v) is 8.00. The molecule has 8 nitrogen and oxygen atoms in total. The Bertz CT molecular complexity index is 958. The van der Waals surface area contributed by atoms with Crippen molar-refractivity contribution in [3.05, 3.63) is 12.7 Å². The van der Waals surface area contributed by atoms with Gasteiger partial charge in [-0.3, -0.25) is 4.57 Å². The van der Waals surface area contributed by atoms with Gasteiger partial charge in [0.05, 0.1) is 12.4 Å². The van der Waals surface area contributed by atoms with Crippen LogP contribution in [-0.4, -0.2) is 74.2 Å². The van der Waals surface area contributed by atoms with Crippen molar-refractivity contribution in [1.29, 1.82) is 0 Å². The molecule has 0 aromatic carbocycles. The van der Waals surface area contributed by atoms with Gasteiger partial charge in [0, 0.05) is 5.75 Å². The van der Waals surface area contributed by atoms with Gasteiger partial charge < -0.3 is 18.6 Å². The summed E-state index contributed by atoms with van der Waals surface area (Å²) in [5, 5.41) is 0. The maximum Gasteiger partial charge on any atom is 0.184 e. The van der Waals surface area contributed by atoms with Crippen molar-refractivity contribution in [2.45, 2.75) is 96.8 Å². The molecule has 2 aromatic rings. The van der Waals surface area contributed by atoms with Crippen LogP contribution in [0.4, 0.5) is 5.82 Å². The molecule has 3 rings (SSSR count). The van der Waals surface area contributed by atoms with Gasteiger partial charge in [-0.05, 0) is 51.5 Å². The highest BCUT2D eigenvalue weighted by atomic mass is 32.2. The van der Waals surface area contributed by atoms with E-state index in [0.29, 0.717) is 0 Å². The average molecular weight is 542 g/mol. The molecule has 4 atom stereocenters. The molecule has 1 saturated heterocycles. The van der Waals surface area contributed by atoms with Crippen LogP contribution in [0.1, 0.15) is 19.6 Å². The summed E-state index contributed by atoms with van der Waals surface area (Å²) in [5.41, 5.74) is 1.53. The fourth-order valence-electron chi connectivity index (χ4n) is 3.98. The minimum Gasteiger partial charge on any atom is -0.409 e. The molecule has 0 spiro atoms. The Morgan fingerprint density at radius 2 is 1.62 bits per heavy atom. The molecule has 3 heterocycles. The zero-order valence-electron chi connectivity index (χ0n) is 22.5. The van der Waals surface area contributed by atoms with Crippen LogP contribution in [0.25, 0.3) is 11.2 Å². The largest absolute Gasteiger partial charge is 0.409 e. The highest BCUT2D eigenvalue weighted by Gasteiger charge is 2.50. The first kappa shape index (κ1) is 27.8. The Balaban J connectivity index is 2.03. The lowest BCUT2D eigenvalue weighted by Gasteiger charge is -2.34. The fraction of sp³-hybridized carbons (Fsp3) is 0.773.